The topological polar surface area (TPSA) is 83.8 Å². The molecule has 5 nitrogen and oxygen atoms in total. The van der Waals surface area contributed by atoms with Gasteiger partial charge in [0.05, 0.1) is 11.0 Å². The number of ether oxygens (including phenoxy) is 1. The first kappa shape index (κ1) is 17.4. The molecule has 0 heterocycles. The van der Waals surface area contributed by atoms with E-state index in [1.165, 1.54) is 12.1 Å². The third-order valence-electron chi connectivity index (χ3n) is 2.57. The predicted molar refractivity (Wildman–Crippen MR) is 78.1 cm³/mol. The molecule has 0 saturated carbocycles. The first-order chi connectivity index (χ1) is 8.86. The van der Waals surface area contributed by atoms with Crippen LogP contribution in [0.25, 0.3) is 10.8 Å². The number of hydrogen-bond donors (Lipinski definition) is 2. The fraction of sp³-hybridized carbons (Fsp3) is 0.231. The average molecular weight is 306 g/mol. The van der Waals surface area contributed by atoms with Gasteiger partial charge in [0, 0.05) is 0 Å². The van der Waals surface area contributed by atoms with Gasteiger partial charge >= 0.3 is 29.6 Å². The van der Waals surface area contributed by atoms with E-state index >= 15 is 0 Å². The van der Waals surface area contributed by atoms with Crippen LogP contribution in [0.4, 0.5) is 0 Å². The quantitative estimate of drug-likeness (QED) is 0.655. The molecule has 1 unspecified atom stereocenters. The van der Waals surface area contributed by atoms with Crippen molar-refractivity contribution in [2.24, 2.45) is 0 Å². The van der Waals surface area contributed by atoms with Crippen molar-refractivity contribution in [1.29, 1.82) is 0 Å². The molecule has 0 amide bonds. The third kappa shape index (κ3) is 4.44. The van der Waals surface area contributed by atoms with E-state index in [9.17, 15) is 8.42 Å². The second-order valence-electron chi connectivity index (χ2n) is 4.31. The van der Waals surface area contributed by atoms with Crippen molar-refractivity contribution in [3.05, 3.63) is 36.4 Å². The summed E-state index contributed by atoms with van der Waals surface area (Å²) in [5.74, 6) is 0.591. The molecule has 104 valence electrons. The van der Waals surface area contributed by atoms with Crippen molar-refractivity contribution in [1.82, 2.24) is 0 Å². The summed E-state index contributed by atoms with van der Waals surface area (Å²) in [4.78, 5) is -0.141. The summed E-state index contributed by atoms with van der Waals surface area (Å²) in [5.41, 5.74) is 0. The zero-order valence-corrected chi connectivity index (χ0v) is 11.1. The van der Waals surface area contributed by atoms with E-state index in [4.69, 9.17) is 14.4 Å². The van der Waals surface area contributed by atoms with E-state index in [-0.39, 0.29) is 41.1 Å². The van der Waals surface area contributed by atoms with Gasteiger partial charge in [-0.1, -0.05) is 12.1 Å². The summed E-state index contributed by atoms with van der Waals surface area (Å²) in [6.45, 7) is 1.81. The molecule has 0 saturated heterocycles. The van der Waals surface area contributed by atoms with Crippen LogP contribution in [0.5, 0.6) is 5.75 Å². The number of aliphatic hydroxyl groups excluding tert-OH is 1. The average Bonchev–Trinajstić information content (AvgIpc) is 2.34. The third-order valence-corrected chi connectivity index (χ3v) is 3.42. The van der Waals surface area contributed by atoms with Gasteiger partial charge < -0.3 is 9.84 Å². The van der Waals surface area contributed by atoms with Gasteiger partial charge in [-0.2, -0.15) is 8.42 Å². The second-order valence-corrected chi connectivity index (χ2v) is 5.73. The molecule has 0 aromatic heterocycles. The summed E-state index contributed by atoms with van der Waals surface area (Å²) in [7, 11) is -4.19. The Morgan fingerprint density at radius 3 is 2.35 bits per heavy atom. The molecule has 0 aliphatic heterocycles. The molecule has 2 aromatic rings. The number of benzene rings is 2. The molecule has 0 fully saturated rings. The molecule has 0 spiro atoms. The molecule has 7 heteroatoms. The van der Waals surface area contributed by atoms with E-state index in [0.29, 0.717) is 11.1 Å². The Balaban J connectivity index is 0.00000200. The van der Waals surface area contributed by atoms with Gasteiger partial charge in [-0.05, 0) is 42.0 Å². The van der Waals surface area contributed by atoms with Crippen molar-refractivity contribution < 1.29 is 22.8 Å². The van der Waals surface area contributed by atoms with Crippen LogP contribution in [0.15, 0.2) is 41.3 Å². The van der Waals surface area contributed by atoms with Gasteiger partial charge in [0.25, 0.3) is 10.1 Å². The molecular formula is C13H15NaO5S. The van der Waals surface area contributed by atoms with Crippen molar-refractivity contribution in [2.45, 2.75) is 17.9 Å². The molecule has 2 aromatic carbocycles. The van der Waals surface area contributed by atoms with E-state index in [2.05, 4.69) is 0 Å². The van der Waals surface area contributed by atoms with Crippen LogP contribution in [0.2, 0.25) is 0 Å². The zero-order chi connectivity index (χ0) is 14.0. The Hall–Kier alpha value is -0.630. The monoisotopic (exact) mass is 306 g/mol. The number of fused-ring (bicyclic) bond motifs is 1. The molecule has 0 bridgehead atoms. The van der Waals surface area contributed by atoms with Crippen LogP contribution < -0.4 is 4.74 Å². The molecule has 0 aliphatic carbocycles. The molecule has 2 N–H and O–H groups in total. The Morgan fingerprint density at radius 1 is 1.15 bits per heavy atom. The maximum atomic E-state index is 11.0. The standard InChI is InChI=1S/C13H14O5S.Na.H/c1-9(14)8-18-12-4-2-11-7-13(19(15,16)17)5-3-10(11)6-12;;/h2-7,9,14H,8H2,1H3,(H,15,16,17);;. The fourth-order valence-electron chi connectivity index (χ4n) is 1.67. The van der Waals surface area contributed by atoms with Gasteiger partial charge in [-0.15, -0.1) is 0 Å². The van der Waals surface area contributed by atoms with Crippen molar-refractivity contribution in [3.8, 4) is 5.75 Å². The van der Waals surface area contributed by atoms with Crippen LogP contribution in [-0.2, 0) is 10.1 Å². The zero-order valence-electron chi connectivity index (χ0n) is 10.3. The number of hydrogen-bond acceptors (Lipinski definition) is 4. The molecular weight excluding hydrogens is 291 g/mol. The number of aliphatic hydroxyl groups is 1. The SMILES string of the molecule is CC(O)COc1ccc2cc(S(=O)(=O)O)ccc2c1.[NaH]. The van der Waals surface area contributed by atoms with Gasteiger partial charge in [-0.3, -0.25) is 4.55 Å². The van der Waals surface area contributed by atoms with E-state index < -0.39 is 16.2 Å². The van der Waals surface area contributed by atoms with Gasteiger partial charge in [-0.25, -0.2) is 0 Å². The maximum absolute atomic E-state index is 11.0. The number of rotatable bonds is 4. The summed E-state index contributed by atoms with van der Waals surface area (Å²) in [6.07, 6.45) is -0.558. The van der Waals surface area contributed by atoms with Crippen LogP contribution in [0, 0.1) is 0 Å². The Labute approximate surface area is 139 Å². The summed E-state index contributed by atoms with van der Waals surface area (Å²) >= 11 is 0. The van der Waals surface area contributed by atoms with Crippen LogP contribution in [0.1, 0.15) is 6.92 Å². The first-order valence-corrected chi connectivity index (χ1v) is 7.12. The minimum atomic E-state index is -4.19. The molecule has 0 aliphatic rings. The summed E-state index contributed by atoms with van der Waals surface area (Å²) in [5, 5.41) is 10.6. The summed E-state index contributed by atoms with van der Waals surface area (Å²) in [6, 6.07) is 9.43. The van der Waals surface area contributed by atoms with Crippen LogP contribution in [-0.4, -0.2) is 60.3 Å². The van der Waals surface area contributed by atoms with Gasteiger partial charge in [0.1, 0.15) is 12.4 Å². The molecule has 2 rings (SSSR count). The van der Waals surface area contributed by atoms with Crippen molar-refractivity contribution in [2.75, 3.05) is 6.61 Å². The first-order valence-electron chi connectivity index (χ1n) is 5.68. The molecule has 20 heavy (non-hydrogen) atoms. The van der Waals surface area contributed by atoms with E-state index in [1.807, 2.05) is 0 Å². The van der Waals surface area contributed by atoms with Crippen molar-refractivity contribution in [3.63, 3.8) is 0 Å². The van der Waals surface area contributed by atoms with Crippen LogP contribution >= 0.6 is 0 Å². The minimum absolute atomic E-state index is 0. The van der Waals surface area contributed by atoms with Gasteiger partial charge in [0.15, 0.2) is 0 Å². The summed E-state index contributed by atoms with van der Waals surface area (Å²) < 4.78 is 36.4. The second kappa shape index (κ2) is 6.89. The van der Waals surface area contributed by atoms with E-state index in [1.54, 1.807) is 31.2 Å². The van der Waals surface area contributed by atoms with Gasteiger partial charge in [0.2, 0.25) is 0 Å². The van der Waals surface area contributed by atoms with Crippen molar-refractivity contribution >= 4 is 50.4 Å². The fourth-order valence-corrected chi connectivity index (χ4v) is 2.18. The van der Waals surface area contributed by atoms with Crippen LogP contribution in [0.3, 0.4) is 0 Å². The molecule has 0 radical (unpaired) electrons. The Bertz CT molecular complexity index is 697. The Kier molecular flexibility index (Phi) is 6.00. The Morgan fingerprint density at radius 2 is 1.75 bits per heavy atom. The predicted octanol–water partition coefficient (Wildman–Crippen LogP) is 1.20. The normalized spacial score (nSPS) is 12.8. The molecule has 1 atom stereocenters. The van der Waals surface area contributed by atoms with E-state index in [0.717, 1.165) is 5.39 Å².